The Bertz CT molecular complexity index is 537. The summed E-state index contributed by atoms with van der Waals surface area (Å²) in [4.78, 5) is 21.4. The number of carbonyl (C=O) groups is 2. The van der Waals surface area contributed by atoms with Crippen LogP contribution in [-0.2, 0) is 9.59 Å². The van der Waals surface area contributed by atoms with Crippen molar-refractivity contribution in [3.63, 3.8) is 0 Å². The highest BCUT2D eigenvalue weighted by Gasteiger charge is 2.26. The Labute approximate surface area is 113 Å². The van der Waals surface area contributed by atoms with Crippen molar-refractivity contribution < 1.29 is 36.6 Å². The number of nitrogens with one attached hydrogen (secondary N) is 1. The van der Waals surface area contributed by atoms with Gasteiger partial charge in [-0.25, -0.2) is 22.0 Å². The van der Waals surface area contributed by atoms with Crippen molar-refractivity contribution in [2.45, 2.75) is 0 Å². The van der Waals surface area contributed by atoms with Crippen LogP contribution < -0.4 is 5.32 Å². The van der Waals surface area contributed by atoms with Crippen LogP contribution in [0.25, 0.3) is 0 Å². The first-order valence-corrected chi connectivity index (χ1v) is 6.02. The van der Waals surface area contributed by atoms with Crippen molar-refractivity contribution >= 4 is 29.3 Å². The van der Waals surface area contributed by atoms with Crippen molar-refractivity contribution in [2.24, 2.45) is 0 Å². The Morgan fingerprint density at radius 2 is 1.35 bits per heavy atom. The van der Waals surface area contributed by atoms with Gasteiger partial charge in [0.05, 0.1) is 11.5 Å². The third-order valence-corrected chi connectivity index (χ3v) is 2.85. The first-order chi connectivity index (χ1) is 9.25. The van der Waals surface area contributed by atoms with E-state index in [-0.39, 0.29) is 0 Å². The lowest BCUT2D eigenvalue weighted by Crippen LogP contribution is -2.19. The van der Waals surface area contributed by atoms with Crippen LogP contribution in [0, 0.1) is 29.1 Å². The molecule has 0 saturated carbocycles. The Morgan fingerprint density at radius 1 is 0.900 bits per heavy atom. The van der Waals surface area contributed by atoms with E-state index >= 15 is 0 Å². The predicted octanol–water partition coefficient (Wildman–Crippen LogP) is 2.14. The molecule has 0 aliphatic heterocycles. The van der Waals surface area contributed by atoms with Crippen molar-refractivity contribution in [3.05, 3.63) is 29.1 Å². The number of hydrogen-bond acceptors (Lipinski definition) is 3. The molecule has 0 spiro atoms. The fourth-order valence-corrected chi connectivity index (χ4v) is 1.66. The number of carboxylic acids is 1. The zero-order valence-corrected chi connectivity index (χ0v) is 10.3. The summed E-state index contributed by atoms with van der Waals surface area (Å²) in [5.41, 5.74) is -1.47. The van der Waals surface area contributed by atoms with Crippen LogP contribution >= 0.6 is 11.8 Å². The maximum atomic E-state index is 13.2. The second-order valence-corrected chi connectivity index (χ2v) is 4.37. The third-order valence-electron chi connectivity index (χ3n) is 1.93. The summed E-state index contributed by atoms with van der Waals surface area (Å²) >= 11 is 0.594. The molecule has 0 saturated heterocycles. The van der Waals surface area contributed by atoms with E-state index in [2.05, 4.69) is 0 Å². The summed E-state index contributed by atoms with van der Waals surface area (Å²) in [6, 6.07) is 0. The molecule has 0 aromatic heterocycles. The van der Waals surface area contributed by atoms with Crippen LogP contribution in [-0.4, -0.2) is 28.5 Å². The van der Waals surface area contributed by atoms with Gasteiger partial charge in [0.1, 0.15) is 5.69 Å². The molecule has 0 bridgehead atoms. The molecule has 4 nitrogen and oxygen atoms in total. The Balaban J connectivity index is 2.88. The van der Waals surface area contributed by atoms with Gasteiger partial charge >= 0.3 is 5.97 Å². The maximum Gasteiger partial charge on any atom is 0.313 e. The quantitative estimate of drug-likeness (QED) is 0.496. The molecule has 0 unspecified atom stereocenters. The maximum absolute atomic E-state index is 13.2. The monoisotopic (exact) mass is 315 g/mol. The number of carbonyl (C=O) groups excluding carboxylic acids is 1. The topological polar surface area (TPSA) is 66.4 Å². The molecule has 2 N–H and O–H groups in total. The molecule has 0 aliphatic rings. The van der Waals surface area contributed by atoms with Crippen LogP contribution in [0.1, 0.15) is 0 Å². The van der Waals surface area contributed by atoms with E-state index in [9.17, 15) is 31.5 Å². The molecular weight excluding hydrogens is 309 g/mol. The first-order valence-electron chi connectivity index (χ1n) is 4.86. The smallest absolute Gasteiger partial charge is 0.313 e. The molecule has 0 atom stereocenters. The molecule has 20 heavy (non-hydrogen) atoms. The zero-order chi connectivity index (χ0) is 15.4. The average Bonchev–Trinajstić information content (AvgIpc) is 2.39. The molecule has 0 heterocycles. The van der Waals surface area contributed by atoms with Crippen molar-refractivity contribution in [1.29, 1.82) is 0 Å². The molecule has 10 heteroatoms. The Kier molecular flexibility index (Phi) is 5.31. The third kappa shape index (κ3) is 3.59. The van der Waals surface area contributed by atoms with Gasteiger partial charge in [0, 0.05) is 0 Å². The van der Waals surface area contributed by atoms with E-state index in [1.807, 2.05) is 0 Å². The lowest BCUT2D eigenvalue weighted by Gasteiger charge is -2.09. The number of carboxylic acid groups (broad SMARTS) is 1. The zero-order valence-electron chi connectivity index (χ0n) is 9.48. The van der Waals surface area contributed by atoms with Gasteiger partial charge in [-0.15, -0.1) is 11.8 Å². The predicted molar refractivity (Wildman–Crippen MR) is 59.8 cm³/mol. The normalized spacial score (nSPS) is 10.4. The van der Waals surface area contributed by atoms with Gasteiger partial charge < -0.3 is 10.4 Å². The molecular formula is C10H6F5NO3S. The number of anilines is 1. The van der Waals surface area contributed by atoms with Crippen LogP contribution in [0.4, 0.5) is 27.6 Å². The second-order valence-electron chi connectivity index (χ2n) is 3.38. The minimum absolute atomic E-state index is 0.454. The van der Waals surface area contributed by atoms with Gasteiger partial charge in [0.2, 0.25) is 11.7 Å². The number of thioether (sulfide) groups is 1. The first kappa shape index (κ1) is 16.2. The lowest BCUT2D eigenvalue weighted by atomic mass is 10.2. The summed E-state index contributed by atoms with van der Waals surface area (Å²) < 4.78 is 64.7. The molecule has 0 radical (unpaired) electrons. The van der Waals surface area contributed by atoms with Gasteiger partial charge in [0.25, 0.3) is 0 Å². The number of rotatable bonds is 5. The number of halogens is 5. The summed E-state index contributed by atoms with van der Waals surface area (Å²) in [6.07, 6.45) is 0. The summed E-state index contributed by atoms with van der Waals surface area (Å²) in [5.74, 6) is -14.3. The van der Waals surface area contributed by atoms with Crippen LogP contribution in [0.5, 0.6) is 0 Å². The molecule has 0 fully saturated rings. The number of amides is 1. The van der Waals surface area contributed by atoms with Crippen molar-refractivity contribution in [1.82, 2.24) is 0 Å². The molecule has 1 amide bonds. The highest BCUT2D eigenvalue weighted by molar-refractivity contribution is 8.00. The summed E-state index contributed by atoms with van der Waals surface area (Å²) in [5, 5.41) is 9.81. The molecule has 0 aliphatic carbocycles. The van der Waals surface area contributed by atoms with Gasteiger partial charge in [-0.3, -0.25) is 9.59 Å². The van der Waals surface area contributed by atoms with Crippen LogP contribution in [0.3, 0.4) is 0 Å². The van der Waals surface area contributed by atoms with Crippen LogP contribution in [0.15, 0.2) is 0 Å². The summed E-state index contributed by atoms with van der Waals surface area (Å²) in [7, 11) is 0. The fraction of sp³-hybridized carbons (Fsp3) is 0.200. The van der Waals surface area contributed by atoms with Gasteiger partial charge in [-0.05, 0) is 0 Å². The SMILES string of the molecule is O=C(O)CSCC(=O)Nc1c(F)c(F)c(F)c(F)c1F. The highest BCUT2D eigenvalue weighted by Crippen LogP contribution is 2.27. The van der Waals surface area contributed by atoms with E-state index in [4.69, 9.17) is 5.11 Å². The Morgan fingerprint density at radius 3 is 1.80 bits per heavy atom. The Hall–Kier alpha value is -1.84. The van der Waals surface area contributed by atoms with Crippen LogP contribution in [0.2, 0.25) is 0 Å². The minimum Gasteiger partial charge on any atom is -0.481 e. The lowest BCUT2D eigenvalue weighted by molar-refractivity contribution is -0.133. The molecule has 1 rings (SSSR count). The van der Waals surface area contributed by atoms with E-state index in [0.29, 0.717) is 11.8 Å². The number of hydrogen-bond donors (Lipinski definition) is 2. The molecule has 1 aromatic rings. The van der Waals surface area contributed by atoms with Gasteiger partial charge in [-0.2, -0.15) is 0 Å². The average molecular weight is 315 g/mol. The molecule has 1 aromatic carbocycles. The van der Waals surface area contributed by atoms with Gasteiger partial charge in [0.15, 0.2) is 23.3 Å². The van der Waals surface area contributed by atoms with E-state index in [1.165, 1.54) is 5.32 Å². The largest absolute Gasteiger partial charge is 0.481 e. The van der Waals surface area contributed by atoms with Gasteiger partial charge in [-0.1, -0.05) is 0 Å². The highest BCUT2D eigenvalue weighted by atomic mass is 32.2. The number of aliphatic carboxylic acids is 1. The number of benzene rings is 1. The standard InChI is InChI=1S/C10H6F5NO3S/c11-5-6(12)8(14)10(9(15)7(5)13)16-3(17)1-20-2-4(18)19/h1-2H2,(H,16,17)(H,18,19). The second kappa shape index (κ2) is 6.55. The van der Waals surface area contributed by atoms with E-state index in [0.717, 1.165) is 0 Å². The van der Waals surface area contributed by atoms with Crippen molar-refractivity contribution in [3.8, 4) is 0 Å². The minimum atomic E-state index is -2.33. The van der Waals surface area contributed by atoms with E-state index < -0.39 is 58.2 Å². The fourth-order valence-electron chi connectivity index (χ4n) is 1.12. The van der Waals surface area contributed by atoms with Crippen molar-refractivity contribution in [2.75, 3.05) is 16.8 Å². The van der Waals surface area contributed by atoms with E-state index in [1.54, 1.807) is 0 Å². The summed E-state index contributed by atoms with van der Waals surface area (Å²) in [6.45, 7) is 0. The molecule has 110 valence electrons.